The Bertz CT molecular complexity index is 157. The van der Waals surface area contributed by atoms with Gasteiger partial charge in [-0.15, -0.1) is 5.34 Å². The molecule has 0 amide bonds. The zero-order valence-electron chi connectivity index (χ0n) is 6.62. The second-order valence-electron chi connectivity index (χ2n) is 2.93. The third-order valence-electron chi connectivity index (χ3n) is 1.84. The van der Waals surface area contributed by atoms with Crippen LogP contribution in [0.1, 0.15) is 26.2 Å². The van der Waals surface area contributed by atoms with E-state index < -0.39 is 0 Å². The third-order valence-corrected chi connectivity index (χ3v) is 1.84. The van der Waals surface area contributed by atoms with Crippen LogP contribution in [0.4, 0.5) is 0 Å². The van der Waals surface area contributed by atoms with Crippen molar-refractivity contribution in [1.29, 1.82) is 0 Å². The van der Waals surface area contributed by atoms with Crippen LogP contribution in [0.25, 0.3) is 0 Å². The summed E-state index contributed by atoms with van der Waals surface area (Å²) in [6.07, 6.45) is 4.78. The predicted octanol–water partition coefficient (Wildman–Crippen LogP) is 1.30. The number of hydrogen-bond acceptors (Lipinski definition) is 4. The van der Waals surface area contributed by atoms with Gasteiger partial charge in [0.15, 0.2) is 0 Å². The van der Waals surface area contributed by atoms with Crippen molar-refractivity contribution in [2.45, 2.75) is 26.2 Å². The molecule has 1 atom stereocenters. The molecule has 4 heteroatoms. The average molecular weight is 157 g/mol. The van der Waals surface area contributed by atoms with Crippen LogP contribution in [0.2, 0.25) is 0 Å². The topological polar surface area (TPSA) is 61.5 Å². The molecule has 64 valence electrons. The molecular formula is C7H13N2O2-. The van der Waals surface area contributed by atoms with Crippen molar-refractivity contribution in [3.8, 4) is 0 Å². The van der Waals surface area contributed by atoms with Gasteiger partial charge < -0.3 is 10.0 Å². The zero-order chi connectivity index (χ0) is 8.27. The van der Waals surface area contributed by atoms with Crippen molar-refractivity contribution in [3.63, 3.8) is 0 Å². The quantitative estimate of drug-likeness (QED) is 0.484. The first-order valence-electron chi connectivity index (χ1n) is 3.77. The van der Waals surface area contributed by atoms with Gasteiger partial charge in [-0.05, 0) is 24.8 Å². The van der Waals surface area contributed by atoms with Crippen molar-refractivity contribution < 1.29 is 4.84 Å². The van der Waals surface area contributed by atoms with E-state index in [0.717, 1.165) is 19.3 Å². The van der Waals surface area contributed by atoms with Crippen molar-refractivity contribution in [2.24, 2.45) is 11.8 Å². The van der Waals surface area contributed by atoms with E-state index in [-0.39, 0.29) is 5.34 Å². The summed E-state index contributed by atoms with van der Waals surface area (Å²) in [5, 5.41) is 10.2. The fourth-order valence-corrected chi connectivity index (χ4v) is 1.14. The van der Waals surface area contributed by atoms with Gasteiger partial charge in [-0.1, -0.05) is 6.92 Å². The first kappa shape index (κ1) is 8.52. The van der Waals surface area contributed by atoms with Gasteiger partial charge in [-0.3, -0.25) is 0 Å². The molecule has 0 aliphatic heterocycles. The van der Waals surface area contributed by atoms with Gasteiger partial charge in [0.25, 0.3) is 0 Å². The summed E-state index contributed by atoms with van der Waals surface area (Å²) < 4.78 is 0. The highest BCUT2D eigenvalue weighted by atomic mass is 16.9. The van der Waals surface area contributed by atoms with Crippen molar-refractivity contribution in [1.82, 2.24) is 5.34 Å². The van der Waals surface area contributed by atoms with E-state index in [1.165, 1.54) is 0 Å². The van der Waals surface area contributed by atoms with E-state index in [9.17, 15) is 5.21 Å². The molecule has 0 fully saturated rings. The minimum Gasteiger partial charge on any atom is -0.738 e. The lowest BCUT2D eigenvalue weighted by atomic mass is 9.95. The Labute approximate surface area is 66.1 Å². The first-order valence-corrected chi connectivity index (χ1v) is 3.77. The fourth-order valence-electron chi connectivity index (χ4n) is 1.14. The van der Waals surface area contributed by atoms with E-state index in [1.807, 2.05) is 6.08 Å². The van der Waals surface area contributed by atoms with Gasteiger partial charge in [0, 0.05) is 6.42 Å². The molecule has 0 saturated carbocycles. The Morgan fingerprint density at radius 1 is 1.82 bits per heavy atom. The van der Waals surface area contributed by atoms with Crippen LogP contribution in [-0.4, -0.2) is 5.34 Å². The molecule has 0 unspecified atom stereocenters. The molecule has 0 aromatic carbocycles. The molecule has 1 aliphatic carbocycles. The van der Waals surface area contributed by atoms with Crippen LogP contribution in [0, 0.1) is 11.1 Å². The summed E-state index contributed by atoms with van der Waals surface area (Å²) in [4.78, 5) is 4.66. The fraction of sp³-hybridized carbons (Fsp3) is 0.714. The Balaban J connectivity index is 2.35. The van der Waals surface area contributed by atoms with Crippen LogP contribution in [0.3, 0.4) is 0 Å². The van der Waals surface area contributed by atoms with Gasteiger partial charge >= 0.3 is 0 Å². The number of nitrogens with two attached hydrogens (primary N) is 1. The number of allylic oxidation sites excluding steroid dienone is 2. The molecule has 0 saturated heterocycles. The number of hydrazine groups is 1. The molecule has 0 spiro atoms. The van der Waals surface area contributed by atoms with E-state index >= 15 is 0 Å². The maximum Gasteiger partial charge on any atom is 0.121 e. The highest BCUT2D eigenvalue weighted by Gasteiger charge is 2.10. The monoisotopic (exact) mass is 157 g/mol. The molecule has 1 aliphatic rings. The Hall–Kier alpha value is -0.580. The summed E-state index contributed by atoms with van der Waals surface area (Å²) in [6, 6.07) is 0. The normalized spacial score (nSPS) is 25.1. The van der Waals surface area contributed by atoms with E-state index in [4.69, 9.17) is 5.84 Å². The molecule has 1 rings (SSSR count). The zero-order valence-corrected chi connectivity index (χ0v) is 6.62. The summed E-state index contributed by atoms with van der Waals surface area (Å²) in [6.45, 7) is 2.17. The van der Waals surface area contributed by atoms with Crippen molar-refractivity contribution >= 4 is 0 Å². The summed E-state index contributed by atoms with van der Waals surface area (Å²) in [5.74, 6) is 6.16. The third kappa shape index (κ3) is 2.88. The molecule has 11 heavy (non-hydrogen) atoms. The van der Waals surface area contributed by atoms with Crippen LogP contribution < -0.4 is 5.84 Å². The van der Waals surface area contributed by atoms with Gasteiger partial charge in [-0.2, -0.15) is 0 Å². The number of hydrogen-bond donors (Lipinski definition) is 1. The minimum absolute atomic E-state index is 0.00181. The smallest absolute Gasteiger partial charge is 0.121 e. The second-order valence-corrected chi connectivity index (χ2v) is 2.93. The lowest BCUT2D eigenvalue weighted by Gasteiger charge is -2.25. The van der Waals surface area contributed by atoms with Crippen LogP contribution in [0.15, 0.2) is 11.8 Å². The summed E-state index contributed by atoms with van der Waals surface area (Å²) >= 11 is 0. The highest BCUT2D eigenvalue weighted by Crippen LogP contribution is 2.23. The SMILES string of the molecule is C[C@@H]1CC=C(ON(N)[O-])CC1. The minimum atomic E-state index is 0.00181. The maximum atomic E-state index is 10.2. The van der Waals surface area contributed by atoms with E-state index in [2.05, 4.69) is 11.8 Å². The van der Waals surface area contributed by atoms with Crippen molar-refractivity contribution in [2.75, 3.05) is 0 Å². The van der Waals surface area contributed by atoms with Gasteiger partial charge in [0.05, 0.1) is 0 Å². The highest BCUT2D eigenvalue weighted by molar-refractivity contribution is 4.97. The lowest BCUT2D eigenvalue weighted by molar-refractivity contribution is -0.0834. The summed E-state index contributed by atoms with van der Waals surface area (Å²) in [7, 11) is 0. The van der Waals surface area contributed by atoms with E-state index in [0.29, 0.717) is 11.7 Å². The first-order chi connectivity index (χ1) is 5.18. The standard InChI is InChI=1S/C7H13N2O2/c1-6-2-4-7(5-3-6)11-9(8)10/h4,6H,2-3,5,8H2,1H3/q-1/t6-/m1/s1. The predicted molar refractivity (Wildman–Crippen MR) is 41.6 cm³/mol. The second kappa shape index (κ2) is 3.71. The van der Waals surface area contributed by atoms with Gasteiger partial charge in [0.2, 0.25) is 0 Å². The van der Waals surface area contributed by atoms with Crippen molar-refractivity contribution in [3.05, 3.63) is 17.0 Å². The van der Waals surface area contributed by atoms with Crippen LogP contribution in [0.5, 0.6) is 0 Å². The molecular weight excluding hydrogens is 144 g/mol. The molecule has 0 aromatic rings. The van der Waals surface area contributed by atoms with Crippen LogP contribution >= 0.6 is 0 Å². The summed E-state index contributed by atoms with van der Waals surface area (Å²) in [5.41, 5.74) is 0. The maximum absolute atomic E-state index is 10.2. The molecule has 0 heterocycles. The van der Waals surface area contributed by atoms with Crippen LogP contribution in [-0.2, 0) is 4.84 Å². The molecule has 4 nitrogen and oxygen atoms in total. The van der Waals surface area contributed by atoms with Gasteiger partial charge in [-0.25, -0.2) is 5.84 Å². The molecule has 2 N–H and O–H groups in total. The molecule has 0 bridgehead atoms. The Morgan fingerprint density at radius 3 is 3.00 bits per heavy atom. The number of rotatable bonds is 2. The average Bonchev–Trinajstić information content (AvgIpc) is 1.93. The number of nitrogens with zero attached hydrogens (tertiary/aromatic N) is 1. The largest absolute Gasteiger partial charge is 0.738 e. The lowest BCUT2D eigenvalue weighted by Crippen LogP contribution is -2.24. The Kier molecular flexibility index (Phi) is 2.87. The Morgan fingerprint density at radius 2 is 2.55 bits per heavy atom. The molecule has 0 aromatic heterocycles. The molecule has 0 radical (unpaired) electrons. The van der Waals surface area contributed by atoms with Gasteiger partial charge in [0.1, 0.15) is 5.76 Å². The van der Waals surface area contributed by atoms with E-state index in [1.54, 1.807) is 0 Å².